The van der Waals surface area contributed by atoms with Crippen LogP contribution in [0.25, 0.3) is 0 Å². The molecule has 0 fully saturated rings. The third kappa shape index (κ3) is 33.5. The van der Waals surface area contributed by atoms with E-state index in [4.69, 9.17) is 13.9 Å². The van der Waals surface area contributed by atoms with Crippen molar-refractivity contribution in [3.8, 4) is 0 Å². The zero-order chi connectivity index (χ0) is 13.2. The molecule has 0 saturated heterocycles. The molecule has 7 nitrogen and oxygen atoms in total. The van der Waals surface area contributed by atoms with Crippen molar-refractivity contribution in [3.05, 3.63) is 0 Å². The van der Waals surface area contributed by atoms with Gasteiger partial charge in [0.15, 0.2) is 0 Å². The van der Waals surface area contributed by atoms with Crippen molar-refractivity contribution < 1.29 is 109 Å². The molecule has 0 rings (SSSR count). The average molecular weight is 374 g/mol. The minimum absolute atomic E-state index is 0. The molecule has 0 saturated carbocycles. The van der Waals surface area contributed by atoms with E-state index in [9.17, 15) is 9.13 Å². The Balaban J connectivity index is -0.0000000607. The third-order valence-electron chi connectivity index (χ3n) is 1.10. The molecule has 0 aliphatic rings. The number of hydrogen-bond donors (Lipinski definition) is 1. The molecule has 0 aromatic carbocycles. The van der Waals surface area contributed by atoms with E-state index in [0.717, 1.165) is 6.66 Å². The van der Waals surface area contributed by atoms with Gasteiger partial charge >= 0.3 is 15.2 Å². The molecule has 0 heterocycles. The molecule has 0 bridgehead atoms. The molecule has 3 N–H and O–H groups in total. The quantitative estimate of drug-likeness (QED) is 0.711. The summed E-state index contributed by atoms with van der Waals surface area (Å²) >= 11 is 0. The van der Waals surface area contributed by atoms with Gasteiger partial charge in [0.05, 0.1) is 19.8 Å². The standard InChI is InChI=1S/C5H13O3P.C3H9O3P.2Ar.H2O/c1-4-7-9(3,6)8-5-2;1-3-6-7(2,4)5;;;/h4-5H2,1-3H3;3H2,1-2H3,(H,4,5);;;1H2. The normalized spacial score (nSPS) is 12.5. The Hall–Kier alpha value is 2.78. The van der Waals surface area contributed by atoms with Crippen molar-refractivity contribution in [2.45, 2.75) is 20.8 Å². The molecule has 0 aliphatic heterocycles. The second kappa shape index (κ2) is 18.8. The summed E-state index contributed by atoms with van der Waals surface area (Å²) in [5.74, 6) is 0. The van der Waals surface area contributed by atoms with E-state index in [-0.39, 0.29) is 81.0 Å². The van der Waals surface area contributed by atoms with Crippen LogP contribution >= 0.6 is 15.2 Å². The Morgan fingerprint density at radius 3 is 1.21 bits per heavy atom. The molecule has 0 amide bonds. The van der Waals surface area contributed by atoms with Gasteiger partial charge in [-0.15, -0.1) is 0 Å². The first kappa shape index (κ1) is 33.4. The predicted molar refractivity (Wildman–Crippen MR) is 67.8 cm³/mol. The summed E-state index contributed by atoms with van der Waals surface area (Å²) in [6.07, 6.45) is 0. The zero-order valence-corrected chi connectivity index (χ0v) is 14.9. The summed E-state index contributed by atoms with van der Waals surface area (Å²) in [6.45, 7) is 9.05. The van der Waals surface area contributed by atoms with Crippen molar-refractivity contribution in [3.63, 3.8) is 0 Å². The monoisotopic (exact) mass is 374 g/mol. The van der Waals surface area contributed by atoms with Crippen molar-refractivity contribution in [1.82, 2.24) is 0 Å². The predicted octanol–water partition coefficient (Wildman–Crippen LogP) is 1.90. The first-order valence-electron chi connectivity index (χ1n) is 4.99. The zero-order valence-electron chi connectivity index (χ0n) is 11.7. The Labute approximate surface area is 175 Å². The van der Waals surface area contributed by atoms with Crippen LogP contribution in [-0.2, 0) is 22.7 Å². The van der Waals surface area contributed by atoms with Gasteiger partial charge in [0.25, 0.3) is 0 Å². The second-order valence-corrected chi connectivity index (χ2v) is 6.75. The van der Waals surface area contributed by atoms with E-state index in [1.165, 1.54) is 6.66 Å². The molecule has 0 aliphatic carbocycles. The minimum atomic E-state index is -3.17. The average Bonchev–Trinajstić information content (AvgIpc) is 2.01. The molecule has 0 radical (unpaired) electrons. The van der Waals surface area contributed by atoms with Crippen molar-refractivity contribution in [1.29, 1.82) is 0 Å². The largest absolute Gasteiger partial charge is 0.412 e. The Morgan fingerprint density at radius 2 is 1.11 bits per heavy atom. The smallest absolute Gasteiger partial charge is 0.327 e. The van der Waals surface area contributed by atoms with Crippen LogP contribution in [0.4, 0.5) is 0 Å². The van der Waals surface area contributed by atoms with E-state index in [2.05, 4.69) is 4.52 Å². The van der Waals surface area contributed by atoms with E-state index in [1.54, 1.807) is 20.8 Å². The van der Waals surface area contributed by atoms with E-state index >= 15 is 0 Å². The molecule has 124 valence electrons. The molecule has 0 spiro atoms. The minimum Gasteiger partial charge on any atom is -0.412 e. The first-order valence-corrected chi connectivity index (χ1v) is 9.01. The van der Waals surface area contributed by atoms with E-state index < -0.39 is 15.2 Å². The first-order chi connectivity index (χ1) is 7.18. The van der Waals surface area contributed by atoms with Gasteiger partial charge in [-0.05, 0) is 20.8 Å². The van der Waals surface area contributed by atoms with Gasteiger partial charge in [0.2, 0.25) is 0 Å². The molecular weight excluding hydrogens is 350 g/mol. The Kier molecular flexibility index (Phi) is 33.1. The maximum atomic E-state index is 11.0. The summed E-state index contributed by atoms with van der Waals surface area (Å²) in [7, 11) is -5.86. The van der Waals surface area contributed by atoms with Gasteiger partial charge < -0.3 is 23.9 Å². The molecule has 19 heavy (non-hydrogen) atoms. The van der Waals surface area contributed by atoms with Crippen LogP contribution in [0.15, 0.2) is 0 Å². The van der Waals surface area contributed by atoms with Crippen molar-refractivity contribution in [2.75, 3.05) is 33.2 Å². The van der Waals surface area contributed by atoms with Crippen LogP contribution in [0.5, 0.6) is 0 Å². The van der Waals surface area contributed by atoms with E-state index in [1.807, 2.05) is 0 Å². The van der Waals surface area contributed by atoms with E-state index in [0.29, 0.717) is 19.8 Å². The van der Waals surface area contributed by atoms with Crippen LogP contribution < -0.4 is 0 Å². The Bertz CT molecular complexity index is 249. The number of rotatable bonds is 6. The van der Waals surface area contributed by atoms with Gasteiger partial charge in [0, 0.05) is 88.8 Å². The molecule has 0 aromatic rings. The van der Waals surface area contributed by atoms with Crippen LogP contribution in [0, 0.1) is 75.5 Å². The fourth-order valence-corrected chi connectivity index (χ4v) is 2.24. The topological polar surface area (TPSA) is 114 Å². The molecular formula is C8H24Ar2O7P2. The molecule has 1 unspecified atom stereocenters. The summed E-state index contributed by atoms with van der Waals surface area (Å²) in [4.78, 5) is 8.35. The molecule has 11 heteroatoms. The third-order valence-corrected chi connectivity index (χ3v) is 3.29. The van der Waals surface area contributed by atoms with Crippen molar-refractivity contribution >= 4 is 15.2 Å². The maximum Gasteiger partial charge on any atom is 0.327 e. The fraction of sp³-hybridized carbons (Fsp3) is 1.00. The Morgan fingerprint density at radius 1 is 0.842 bits per heavy atom. The van der Waals surface area contributed by atoms with Gasteiger partial charge in [-0.1, -0.05) is 0 Å². The van der Waals surface area contributed by atoms with Crippen molar-refractivity contribution in [2.24, 2.45) is 0 Å². The fourth-order valence-electron chi connectivity index (χ4n) is 0.746. The summed E-state index contributed by atoms with van der Waals surface area (Å²) in [6, 6.07) is 0. The van der Waals surface area contributed by atoms with Crippen LogP contribution in [0.3, 0.4) is 0 Å². The van der Waals surface area contributed by atoms with Gasteiger partial charge in [-0.3, -0.25) is 9.13 Å². The van der Waals surface area contributed by atoms with Gasteiger partial charge in [-0.2, -0.15) is 0 Å². The summed E-state index contributed by atoms with van der Waals surface area (Å²) in [5.41, 5.74) is 0. The summed E-state index contributed by atoms with van der Waals surface area (Å²) in [5, 5.41) is 0. The van der Waals surface area contributed by atoms with Crippen LogP contribution in [0.2, 0.25) is 0 Å². The maximum absolute atomic E-state index is 11.0. The second-order valence-electron chi connectivity index (χ2n) is 2.83. The SMILES string of the molecule is CCOP(C)(=O)O.CCOP(C)(=O)OCC.O.[Ar].[Ar]. The van der Waals surface area contributed by atoms with Crippen LogP contribution in [-0.4, -0.2) is 43.5 Å². The van der Waals surface area contributed by atoms with Gasteiger partial charge in [0.1, 0.15) is 0 Å². The number of hydrogen-bond acceptors (Lipinski definition) is 5. The molecule has 1 atom stereocenters. The van der Waals surface area contributed by atoms with Crippen LogP contribution in [0.1, 0.15) is 20.8 Å². The molecule has 0 aromatic heterocycles. The summed E-state index contributed by atoms with van der Waals surface area (Å²) < 4.78 is 35.1. The van der Waals surface area contributed by atoms with Gasteiger partial charge in [-0.25, -0.2) is 0 Å².